The van der Waals surface area contributed by atoms with Crippen LogP contribution in [-0.2, 0) is 17.7 Å². The van der Waals surface area contributed by atoms with Gasteiger partial charge >= 0.3 is 5.97 Å². The number of rotatable bonds is 6. The normalized spacial score (nSPS) is 12.4. The topological polar surface area (TPSA) is 70.1 Å². The van der Waals surface area contributed by atoms with Gasteiger partial charge in [0.15, 0.2) is 5.69 Å². The van der Waals surface area contributed by atoms with Gasteiger partial charge < -0.3 is 15.0 Å². The molecule has 0 aliphatic carbocycles. The third kappa shape index (κ3) is 3.19. The number of hydrogen-bond donors (Lipinski definition) is 1. The molecule has 0 amide bonds. The summed E-state index contributed by atoms with van der Waals surface area (Å²) in [4.78, 5) is 16.0. The molecule has 5 nitrogen and oxygen atoms in total. The summed E-state index contributed by atoms with van der Waals surface area (Å²) in [7, 11) is 0. The first-order valence-corrected chi connectivity index (χ1v) is 7.38. The monoisotopic (exact) mass is 271 g/mol. The highest BCUT2D eigenvalue weighted by Crippen LogP contribution is 2.19. The van der Waals surface area contributed by atoms with E-state index in [9.17, 15) is 4.79 Å². The van der Waals surface area contributed by atoms with Crippen LogP contribution in [-0.4, -0.2) is 33.6 Å². The van der Waals surface area contributed by atoms with E-state index in [1.54, 1.807) is 18.7 Å². The fourth-order valence-corrected chi connectivity index (χ4v) is 1.97. The summed E-state index contributed by atoms with van der Waals surface area (Å²) < 4.78 is 6.86. The second-order valence-electron chi connectivity index (χ2n) is 3.99. The molecular formula is C12H21N3O2S. The molecule has 0 aliphatic heterocycles. The fourth-order valence-electron chi connectivity index (χ4n) is 1.67. The average molecular weight is 271 g/mol. The minimum atomic E-state index is -0.444. The van der Waals surface area contributed by atoms with Crippen molar-refractivity contribution in [2.75, 3.05) is 18.6 Å². The molecule has 1 atom stereocenters. The number of nitrogen functional groups attached to an aromatic ring is 1. The molecule has 0 aromatic carbocycles. The molecule has 0 bridgehead atoms. The second-order valence-corrected chi connectivity index (χ2v) is 5.27. The summed E-state index contributed by atoms with van der Waals surface area (Å²) in [6.07, 6.45) is 2.79. The van der Waals surface area contributed by atoms with Crippen LogP contribution in [0.2, 0.25) is 0 Å². The lowest BCUT2D eigenvalue weighted by Gasteiger charge is -2.13. The van der Waals surface area contributed by atoms with Gasteiger partial charge in [-0.3, -0.25) is 0 Å². The Labute approximate surface area is 112 Å². The van der Waals surface area contributed by atoms with Crippen LogP contribution in [0.1, 0.15) is 37.1 Å². The first-order valence-electron chi connectivity index (χ1n) is 6.09. The van der Waals surface area contributed by atoms with Crippen LogP contribution in [0.5, 0.6) is 0 Å². The van der Waals surface area contributed by atoms with E-state index in [4.69, 9.17) is 10.5 Å². The predicted molar refractivity (Wildman–Crippen MR) is 75.0 cm³/mol. The first kappa shape index (κ1) is 14.9. The zero-order valence-corrected chi connectivity index (χ0v) is 12.2. The molecular weight excluding hydrogens is 250 g/mol. The van der Waals surface area contributed by atoms with Crippen LogP contribution in [0, 0.1) is 0 Å². The van der Waals surface area contributed by atoms with Gasteiger partial charge in [-0.1, -0.05) is 13.8 Å². The number of imidazole rings is 1. The first-order chi connectivity index (χ1) is 8.54. The SMILES string of the molecule is CCOC(=O)c1nc(CC)n(CC(C)SC)c1N. The lowest BCUT2D eigenvalue weighted by atomic mass is 10.4. The number of thioether (sulfide) groups is 1. The molecule has 2 N–H and O–H groups in total. The van der Waals surface area contributed by atoms with Crippen molar-refractivity contribution in [3.63, 3.8) is 0 Å². The van der Waals surface area contributed by atoms with Crippen LogP contribution in [0.4, 0.5) is 5.82 Å². The molecule has 18 heavy (non-hydrogen) atoms. The Hall–Kier alpha value is -1.17. The summed E-state index contributed by atoms with van der Waals surface area (Å²) in [5, 5.41) is 0.418. The van der Waals surface area contributed by atoms with Crippen LogP contribution in [0.15, 0.2) is 0 Å². The van der Waals surface area contributed by atoms with Crippen molar-refractivity contribution in [3.05, 3.63) is 11.5 Å². The third-order valence-electron chi connectivity index (χ3n) is 2.71. The number of aromatic nitrogens is 2. The number of anilines is 1. The lowest BCUT2D eigenvalue weighted by molar-refractivity contribution is 0.0521. The standard InChI is InChI=1S/C12H21N3O2S/c1-5-9-14-10(12(16)17-6-2)11(13)15(9)7-8(3)18-4/h8H,5-7,13H2,1-4H3. The van der Waals surface area contributed by atoms with Gasteiger partial charge in [0.1, 0.15) is 11.6 Å². The van der Waals surface area contributed by atoms with Crippen molar-refractivity contribution in [2.24, 2.45) is 0 Å². The lowest BCUT2D eigenvalue weighted by Crippen LogP contribution is -2.15. The minimum Gasteiger partial charge on any atom is -0.461 e. The third-order valence-corrected chi connectivity index (χ3v) is 3.67. The highest BCUT2D eigenvalue weighted by Gasteiger charge is 2.21. The smallest absolute Gasteiger partial charge is 0.360 e. The summed E-state index contributed by atoms with van der Waals surface area (Å²) in [6.45, 7) is 6.96. The molecule has 1 aromatic rings. The van der Waals surface area contributed by atoms with E-state index in [-0.39, 0.29) is 5.69 Å². The zero-order chi connectivity index (χ0) is 13.7. The highest BCUT2D eigenvalue weighted by molar-refractivity contribution is 7.99. The van der Waals surface area contributed by atoms with Crippen molar-refractivity contribution < 1.29 is 9.53 Å². The van der Waals surface area contributed by atoms with Crippen molar-refractivity contribution in [3.8, 4) is 0 Å². The van der Waals surface area contributed by atoms with E-state index in [1.165, 1.54) is 0 Å². The zero-order valence-electron chi connectivity index (χ0n) is 11.4. The Morgan fingerprint density at radius 1 is 1.56 bits per heavy atom. The molecule has 0 radical (unpaired) electrons. The van der Waals surface area contributed by atoms with Crippen molar-refractivity contribution in [2.45, 2.75) is 39.0 Å². The van der Waals surface area contributed by atoms with E-state index in [0.29, 0.717) is 17.7 Å². The number of nitrogens with two attached hydrogens (primary N) is 1. The average Bonchev–Trinajstić information content (AvgIpc) is 2.67. The number of nitrogens with zero attached hydrogens (tertiary/aromatic N) is 2. The Balaban J connectivity index is 3.06. The molecule has 0 fully saturated rings. The van der Waals surface area contributed by atoms with E-state index in [2.05, 4.69) is 18.2 Å². The number of carbonyl (C=O) groups is 1. The Kier molecular flexibility index (Phi) is 5.53. The van der Waals surface area contributed by atoms with Crippen LogP contribution >= 0.6 is 11.8 Å². The number of aryl methyl sites for hydroxylation is 1. The maximum atomic E-state index is 11.7. The molecule has 0 spiro atoms. The number of esters is 1. The van der Waals surface area contributed by atoms with Gasteiger partial charge in [-0.15, -0.1) is 0 Å². The minimum absolute atomic E-state index is 0.238. The summed E-state index contributed by atoms with van der Waals surface area (Å²) in [5.41, 5.74) is 6.24. The van der Waals surface area contributed by atoms with E-state index in [0.717, 1.165) is 18.8 Å². The van der Waals surface area contributed by atoms with E-state index >= 15 is 0 Å². The van der Waals surface area contributed by atoms with E-state index < -0.39 is 5.97 Å². The van der Waals surface area contributed by atoms with Crippen LogP contribution < -0.4 is 5.73 Å². The molecule has 0 saturated carbocycles. The number of hydrogen-bond acceptors (Lipinski definition) is 5. The van der Waals surface area contributed by atoms with E-state index in [1.807, 2.05) is 11.5 Å². The summed E-state index contributed by atoms with van der Waals surface area (Å²) in [6, 6.07) is 0. The predicted octanol–water partition coefficient (Wildman–Crippen LogP) is 1.96. The molecule has 1 heterocycles. The van der Waals surface area contributed by atoms with Crippen molar-refractivity contribution in [1.82, 2.24) is 9.55 Å². The Morgan fingerprint density at radius 3 is 2.72 bits per heavy atom. The fraction of sp³-hybridized carbons (Fsp3) is 0.667. The van der Waals surface area contributed by atoms with Crippen molar-refractivity contribution >= 4 is 23.5 Å². The van der Waals surface area contributed by atoms with Crippen LogP contribution in [0.25, 0.3) is 0 Å². The maximum absolute atomic E-state index is 11.7. The molecule has 0 aliphatic rings. The molecule has 1 unspecified atom stereocenters. The van der Waals surface area contributed by atoms with Crippen LogP contribution in [0.3, 0.4) is 0 Å². The summed E-state index contributed by atoms with van der Waals surface area (Å²) in [5.74, 6) is 0.794. The number of ether oxygens (including phenoxy) is 1. The molecule has 1 aromatic heterocycles. The Bertz CT molecular complexity index is 418. The quantitative estimate of drug-likeness (QED) is 0.801. The molecule has 102 valence electrons. The van der Waals surface area contributed by atoms with Gasteiger partial charge in [-0.25, -0.2) is 9.78 Å². The molecule has 0 saturated heterocycles. The largest absolute Gasteiger partial charge is 0.461 e. The van der Waals surface area contributed by atoms with Gasteiger partial charge in [-0.05, 0) is 13.2 Å². The van der Waals surface area contributed by atoms with Gasteiger partial charge in [0.25, 0.3) is 0 Å². The summed E-state index contributed by atoms with van der Waals surface area (Å²) >= 11 is 1.76. The van der Waals surface area contributed by atoms with Gasteiger partial charge in [-0.2, -0.15) is 11.8 Å². The second kappa shape index (κ2) is 6.68. The van der Waals surface area contributed by atoms with Gasteiger partial charge in [0.05, 0.1) is 6.61 Å². The van der Waals surface area contributed by atoms with Gasteiger partial charge in [0, 0.05) is 18.2 Å². The van der Waals surface area contributed by atoms with Crippen molar-refractivity contribution in [1.29, 1.82) is 0 Å². The maximum Gasteiger partial charge on any atom is 0.360 e. The number of carbonyl (C=O) groups excluding carboxylic acids is 1. The highest BCUT2D eigenvalue weighted by atomic mass is 32.2. The molecule has 1 rings (SSSR count). The molecule has 6 heteroatoms. The van der Waals surface area contributed by atoms with Gasteiger partial charge in [0.2, 0.25) is 0 Å². The Morgan fingerprint density at radius 2 is 2.22 bits per heavy atom.